The first kappa shape index (κ1) is 12.7. The van der Waals surface area contributed by atoms with Gasteiger partial charge in [0.2, 0.25) is 0 Å². The molecule has 0 bridgehead atoms. The summed E-state index contributed by atoms with van der Waals surface area (Å²) >= 11 is 0. The molecule has 1 aromatic rings. The van der Waals surface area contributed by atoms with Crippen LogP contribution in [0.1, 0.15) is 29.5 Å². The Morgan fingerprint density at radius 1 is 1.32 bits per heavy atom. The summed E-state index contributed by atoms with van der Waals surface area (Å²) in [5.41, 5.74) is 3.50. The quantitative estimate of drug-likeness (QED) is 0.833. The topological polar surface area (TPSA) is 39.1 Å². The highest BCUT2D eigenvalue weighted by Crippen LogP contribution is 2.41. The van der Waals surface area contributed by atoms with Gasteiger partial charge in [-0.1, -0.05) is 23.8 Å². The molecule has 1 aliphatic heterocycles. The van der Waals surface area contributed by atoms with Crippen LogP contribution in [-0.4, -0.2) is 31.1 Å². The van der Waals surface area contributed by atoms with E-state index in [4.69, 9.17) is 0 Å². The van der Waals surface area contributed by atoms with Crippen LogP contribution in [0.5, 0.6) is 0 Å². The summed E-state index contributed by atoms with van der Waals surface area (Å²) in [7, 11) is 0. The molecule has 0 amide bonds. The largest absolute Gasteiger partial charge is 0.315 e. The van der Waals surface area contributed by atoms with Gasteiger partial charge in [-0.05, 0) is 43.9 Å². The van der Waals surface area contributed by atoms with Crippen molar-refractivity contribution in [1.29, 1.82) is 5.26 Å². The van der Waals surface area contributed by atoms with Crippen LogP contribution < -0.4 is 5.32 Å². The fourth-order valence-electron chi connectivity index (χ4n) is 3.49. The Morgan fingerprint density at radius 3 is 3.05 bits per heavy atom. The Hall–Kier alpha value is -1.37. The van der Waals surface area contributed by atoms with Gasteiger partial charge in [0.1, 0.15) is 5.54 Å². The van der Waals surface area contributed by atoms with Crippen LogP contribution in [-0.2, 0) is 12.0 Å². The zero-order valence-electron chi connectivity index (χ0n) is 11.6. The van der Waals surface area contributed by atoms with E-state index in [1.165, 1.54) is 16.7 Å². The minimum atomic E-state index is -0.382. The summed E-state index contributed by atoms with van der Waals surface area (Å²) in [6, 6.07) is 9.25. The molecule has 100 valence electrons. The first-order valence-corrected chi connectivity index (χ1v) is 7.23. The van der Waals surface area contributed by atoms with Gasteiger partial charge in [-0.2, -0.15) is 5.26 Å². The molecule has 1 unspecified atom stereocenters. The second-order valence-electron chi connectivity index (χ2n) is 5.72. The third-order valence-corrected chi connectivity index (χ3v) is 4.53. The molecular weight excluding hydrogens is 234 g/mol. The number of benzene rings is 1. The number of nitrogens with one attached hydrogen (secondary N) is 1. The molecule has 3 rings (SSSR count). The molecule has 0 spiro atoms. The van der Waals surface area contributed by atoms with E-state index in [9.17, 15) is 5.26 Å². The van der Waals surface area contributed by atoms with Gasteiger partial charge in [-0.25, -0.2) is 0 Å². The highest BCUT2D eigenvalue weighted by Gasteiger charge is 2.44. The third kappa shape index (κ3) is 2.05. The van der Waals surface area contributed by atoms with Gasteiger partial charge in [0.15, 0.2) is 0 Å². The first-order chi connectivity index (χ1) is 9.26. The summed E-state index contributed by atoms with van der Waals surface area (Å²) in [5, 5.41) is 13.3. The molecule has 19 heavy (non-hydrogen) atoms. The third-order valence-electron chi connectivity index (χ3n) is 4.53. The van der Waals surface area contributed by atoms with Crippen LogP contribution in [0.25, 0.3) is 0 Å². The van der Waals surface area contributed by atoms with Gasteiger partial charge < -0.3 is 5.32 Å². The number of hydrogen-bond donors (Lipinski definition) is 1. The van der Waals surface area contributed by atoms with E-state index in [1.807, 2.05) is 0 Å². The van der Waals surface area contributed by atoms with Crippen LogP contribution in [0, 0.1) is 18.3 Å². The lowest BCUT2D eigenvalue weighted by atomic mass is 9.90. The average Bonchev–Trinajstić information content (AvgIpc) is 2.62. The smallest absolute Gasteiger partial charge is 0.135 e. The summed E-state index contributed by atoms with van der Waals surface area (Å²) < 4.78 is 0. The van der Waals surface area contributed by atoms with Crippen LogP contribution in [0.15, 0.2) is 18.2 Å². The molecule has 0 radical (unpaired) electrons. The number of hydrogen-bond acceptors (Lipinski definition) is 3. The van der Waals surface area contributed by atoms with Crippen molar-refractivity contribution >= 4 is 0 Å². The molecule has 0 aromatic heterocycles. The molecule has 3 heteroatoms. The maximum absolute atomic E-state index is 9.89. The highest BCUT2D eigenvalue weighted by molar-refractivity contribution is 5.45. The van der Waals surface area contributed by atoms with Gasteiger partial charge >= 0.3 is 0 Å². The SMILES string of the molecule is Cc1ccc2c(c1)C(C#N)(N1CCCNCC1)CC2. The monoisotopic (exact) mass is 255 g/mol. The molecule has 1 atom stereocenters. The first-order valence-electron chi connectivity index (χ1n) is 7.23. The van der Waals surface area contributed by atoms with Gasteiger partial charge in [-0.3, -0.25) is 4.90 Å². The normalized spacial score (nSPS) is 27.6. The zero-order valence-corrected chi connectivity index (χ0v) is 11.6. The van der Waals surface area contributed by atoms with E-state index in [1.54, 1.807) is 0 Å². The van der Waals surface area contributed by atoms with Crippen molar-refractivity contribution in [2.24, 2.45) is 0 Å². The number of fused-ring (bicyclic) bond motifs is 1. The Labute approximate surface area is 115 Å². The Morgan fingerprint density at radius 2 is 2.21 bits per heavy atom. The van der Waals surface area contributed by atoms with Crippen molar-refractivity contribution < 1.29 is 0 Å². The summed E-state index contributed by atoms with van der Waals surface area (Å²) in [5.74, 6) is 0. The predicted octanol–water partition coefficient (Wildman–Crippen LogP) is 1.96. The fraction of sp³-hybridized carbons (Fsp3) is 0.562. The van der Waals surface area contributed by atoms with Crippen molar-refractivity contribution in [3.8, 4) is 6.07 Å². The van der Waals surface area contributed by atoms with Gasteiger partial charge in [0.05, 0.1) is 6.07 Å². The maximum atomic E-state index is 9.89. The minimum absolute atomic E-state index is 0.382. The van der Waals surface area contributed by atoms with Crippen molar-refractivity contribution in [3.05, 3.63) is 34.9 Å². The molecular formula is C16H21N3. The van der Waals surface area contributed by atoms with Crippen LogP contribution in [0.2, 0.25) is 0 Å². The number of rotatable bonds is 1. The number of nitriles is 1. The van der Waals surface area contributed by atoms with Crippen molar-refractivity contribution in [2.75, 3.05) is 26.2 Å². The standard InChI is InChI=1S/C16H21N3/c1-13-3-4-14-5-6-16(12-17,15(14)11-13)19-9-2-7-18-8-10-19/h3-4,11,18H,2,5-10H2,1H3. The maximum Gasteiger partial charge on any atom is 0.135 e. The second kappa shape index (κ2) is 4.96. The lowest BCUT2D eigenvalue weighted by Crippen LogP contribution is -2.45. The fourth-order valence-corrected chi connectivity index (χ4v) is 3.49. The lowest BCUT2D eigenvalue weighted by molar-refractivity contribution is 0.146. The summed E-state index contributed by atoms with van der Waals surface area (Å²) in [6.45, 7) is 6.17. The highest BCUT2D eigenvalue weighted by atomic mass is 15.2. The van der Waals surface area contributed by atoms with E-state index in [0.717, 1.165) is 45.4 Å². The number of nitrogens with zero attached hydrogens (tertiary/aromatic N) is 2. The molecule has 1 fully saturated rings. The molecule has 2 aliphatic rings. The van der Waals surface area contributed by atoms with E-state index >= 15 is 0 Å². The second-order valence-corrected chi connectivity index (χ2v) is 5.72. The predicted molar refractivity (Wildman–Crippen MR) is 75.9 cm³/mol. The minimum Gasteiger partial charge on any atom is -0.315 e. The van der Waals surface area contributed by atoms with E-state index < -0.39 is 0 Å². The Bertz CT molecular complexity index is 509. The molecule has 1 N–H and O–H groups in total. The Kier molecular flexibility index (Phi) is 3.30. The van der Waals surface area contributed by atoms with Gasteiger partial charge in [-0.15, -0.1) is 0 Å². The van der Waals surface area contributed by atoms with Crippen molar-refractivity contribution in [2.45, 2.75) is 31.7 Å². The van der Waals surface area contributed by atoms with Crippen LogP contribution in [0.4, 0.5) is 0 Å². The van der Waals surface area contributed by atoms with Crippen LogP contribution >= 0.6 is 0 Å². The van der Waals surface area contributed by atoms with Gasteiger partial charge in [0.25, 0.3) is 0 Å². The van der Waals surface area contributed by atoms with E-state index in [0.29, 0.717) is 0 Å². The summed E-state index contributed by atoms with van der Waals surface area (Å²) in [4.78, 5) is 2.40. The molecule has 3 nitrogen and oxygen atoms in total. The van der Waals surface area contributed by atoms with Crippen molar-refractivity contribution in [1.82, 2.24) is 10.2 Å². The van der Waals surface area contributed by atoms with E-state index in [2.05, 4.69) is 41.4 Å². The van der Waals surface area contributed by atoms with Crippen molar-refractivity contribution in [3.63, 3.8) is 0 Å². The van der Waals surface area contributed by atoms with E-state index in [-0.39, 0.29) is 5.54 Å². The molecule has 1 saturated heterocycles. The zero-order chi connectivity index (χ0) is 13.3. The molecule has 1 aromatic carbocycles. The Balaban J connectivity index is 2.02. The average molecular weight is 255 g/mol. The molecule has 1 aliphatic carbocycles. The molecule has 0 saturated carbocycles. The molecule has 1 heterocycles. The lowest BCUT2D eigenvalue weighted by Gasteiger charge is -2.35. The van der Waals surface area contributed by atoms with Gasteiger partial charge in [0, 0.05) is 19.6 Å². The number of aryl methyl sites for hydroxylation is 2. The van der Waals surface area contributed by atoms with Crippen LogP contribution in [0.3, 0.4) is 0 Å². The summed E-state index contributed by atoms with van der Waals surface area (Å²) in [6.07, 6.45) is 3.11.